The molecule has 0 spiro atoms. The van der Waals surface area contributed by atoms with Crippen LogP contribution in [0.15, 0.2) is 0 Å². The van der Waals surface area contributed by atoms with E-state index in [9.17, 15) is 4.39 Å². The minimum Gasteiger partial charge on any atom is -0.303 e. The Morgan fingerprint density at radius 3 is 2.42 bits per heavy atom. The van der Waals surface area contributed by atoms with Crippen LogP contribution in [-0.4, -0.2) is 31.2 Å². The first kappa shape index (κ1) is 11.9. The summed E-state index contributed by atoms with van der Waals surface area (Å²) in [4.78, 5) is 2.09. The van der Waals surface area contributed by atoms with Crippen molar-refractivity contribution in [2.24, 2.45) is 0 Å². The summed E-state index contributed by atoms with van der Waals surface area (Å²) in [6.45, 7) is 5.71. The van der Waals surface area contributed by atoms with Gasteiger partial charge in [-0.15, -0.1) is 0 Å². The van der Waals surface area contributed by atoms with Crippen LogP contribution in [0.3, 0.4) is 0 Å². The molecule has 0 heterocycles. The molecule has 0 aliphatic heterocycles. The molecule has 74 valence electrons. The molecule has 0 aromatic carbocycles. The van der Waals surface area contributed by atoms with E-state index in [2.05, 4.69) is 11.8 Å². The zero-order valence-electron chi connectivity index (χ0n) is 8.65. The number of halogens is 1. The van der Waals surface area contributed by atoms with Crippen molar-refractivity contribution in [1.29, 1.82) is 0 Å². The lowest BCUT2D eigenvalue weighted by Gasteiger charge is -2.17. The van der Waals surface area contributed by atoms with E-state index in [0.717, 1.165) is 6.54 Å². The van der Waals surface area contributed by atoms with E-state index in [1.165, 1.54) is 19.3 Å². The second-order valence-corrected chi connectivity index (χ2v) is 3.47. The van der Waals surface area contributed by atoms with Crippen molar-refractivity contribution >= 4 is 0 Å². The number of alkyl halides is 1. The van der Waals surface area contributed by atoms with Crippen molar-refractivity contribution in [2.75, 3.05) is 20.1 Å². The molecular formula is C10H22FN. The van der Waals surface area contributed by atoms with E-state index in [1.54, 1.807) is 0 Å². The molecule has 0 rings (SSSR count). The lowest BCUT2D eigenvalue weighted by Crippen LogP contribution is -2.27. The van der Waals surface area contributed by atoms with E-state index in [-0.39, 0.29) is 0 Å². The Morgan fingerprint density at radius 1 is 1.25 bits per heavy atom. The van der Waals surface area contributed by atoms with E-state index in [1.807, 2.05) is 14.0 Å². The monoisotopic (exact) mass is 175 g/mol. The van der Waals surface area contributed by atoms with Gasteiger partial charge in [-0.1, -0.05) is 26.7 Å². The highest BCUT2D eigenvalue weighted by atomic mass is 19.1. The lowest BCUT2D eigenvalue weighted by atomic mass is 10.2. The Morgan fingerprint density at radius 2 is 1.92 bits per heavy atom. The van der Waals surface area contributed by atoms with Crippen LogP contribution in [0.2, 0.25) is 0 Å². The molecule has 1 unspecified atom stereocenters. The summed E-state index contributed by atoms with van der Waals surface area (Å²) in [7, 11) is 2.00. The second kappa shape index (κ2) is 7.53. The summed E-state index contributed by atoms with van der Waals surface area (Å²) in [6, 6.07) is 0. The van der Waals surface area contributed by atoms with Gasteiger partial charge in [-0.05, 0) is 26.4 Å². The summed E-state index contributed by atoms with van der Waals surface area (Å²) in [5.41, 5.74) is 0. The summed E-state index contributed by atoms with van der Waals surface area (Å²) < 4.78 is 12.8. The first-order valence-corrected chi connectivity index (χ1v) is 5.03. The maximum absolute atomic E-state index is 12.8. The number of hydrogen-bond acceptors (Lipinski definition) is 1. The van der Waals surface area contributed by atoms with Gasteiger partial charge in [0, 0.05) is 6.54 Å². The Kier molecular flexibility index (Phi) is 7.47. The highest BCUT2D eigenvalue weighted by Gasteiger charge is 2.06. The number of rotatable bonds is 7. The molecule has 2 heteroatoms. The van der Waals surface area contributed by atoms with Gasteiger partial charge < -0.3 is 4.90 Å². The SMILES string of the molecule is CCCCCN(C)CC(F)CC. The highest BCUT2D eigenvalue weighted by molar-refractivity contribution is 4.59. The summed E-state index contributed by atoms with van der Waals surface area (Å²) in [5, 5.41) is 0. The van der Waals surface area contributed by atoms with Crippen LogP contribution in [0.25, 0.3) is 0 Å². The molecule has 0 fully saturated rings. The fraction of sp³-hybridized carbons (Fsp3) is 1.00. The van der Waals surface area contributed by atoms with Gasteiger partial charge in [-0.25, -0.2) is 4.39 Å². The van der Waals surface area contributed by atoms with Gasteiger partial charge in [0.25, 0.3) is 0 Å². The molecule has 0 radical (unpaired) electrons. The minimum absolute atomic E-state index is 0.597. The highest BCUT2D eigenvalue weighted by Crippen LogP contribution is 2.01. The van der Waals surface area contributed by atoms with E-state index in [0.29, 0.717) is 13.0 Å². The third-order valence-electron chi connectivity index (χ3n) is 2.10. The predicted molar refractivity (Wildman–Crippen MR) is 52.2 cm³/mol. The van der Waals surface area contributed by atoms with Crippen LogP contribution in [-0.2, 0) is 0 Å². The molecule has 12 heavy (non-hydrogen) atoms. The van der Waals surface area contributed by atoms with Crippen LogP contribution in [0.1, 0.15) is 39.5 Å². The fourth-order valence-electron chi connectivity index (χ4n) is 1.19. The molecule has 0 bridgehead atoms. The van der Waals surface area contributed by atoms with E-state index < -0.39 is 6.17 Å². The molecule has 0 aromatic rings. The third kappa shape index (κ3) is 6.59. The second-order valence-electron chi connectivity index (χ2n) is 3.47. The van der Waals surface area contributed by atoms with Gasteiger partial charge in [0.1, 0.15) is 6.17 Å². The molecular weight excluding hydrogens is 153 g/mol. The molecule has 0 amide bonds. The van der Waals surface area contributed by atoms with Crippen LogP contribution < -0.4 is 0 Å². The van der Waals surface area contributed by atoms with Crippen molar-refractivity contribution < 1.29 is 4.39 Å². The average Bonchev–Trinajstić information content (AvgIpc) is 2.05. The van der Waals surface area contributed by atoms with Crippen LogP contribution in [0.5, 0.6) is 0 Å². The van der Waals surface area contributed by atoms with E-state index in [4.69, 9.17) is 0 Å². The van der Waals surface area contributed by atoms with Gasteiger partial charge in [0.2, 0.25) is 0 Å². The van der Waals surface area contributed by atoms with Gasteiger partial charge in [0.15, 0.2) is 0 Å². The number of nitrogens with zero attached hydrogens (tertiary/aromatic N) is 1. The fourth-order valence-corrected chi connectivity index (χ4v) is 1.19. The van der Waals surface area contributed by atoms with Crippen LogP contribution in [0, 0.1) is 0 Å². The molecule has 0 aliphatic rings. The smallest absolute Gasteiger partial charge is 0.112 e. The molecule has 1 nitrogen and oxygen atoms in total. The number of unbranched alkanes of at least 4 members (excludes halogenated alkanes) is 2. The van der Waals surface area contributed by atoms with Gasteiger partial charge in [-0.2, -0.15) is 0 Å². The van der Waals surface area contributed by atoms with Crippen molar-refractivity contribution in [3.05, 3.63) is 0 Å². The molecule has 0 N–H and O–H groups in total. The Balaban J connectivity index is 3.26. The molecule has 0 aliphatic carbocycles. The zero-order chi connectivity index (χ0) is 9.40. The maximum Gasteiger partial charge on any atom is 0.112 e. The van der Waals surface area contributed by atoms with Crippen molar-refractivity contribution in [3.8, 4) is 0 Å². The minimum atomic E-state index is -0.642. The average molecular weight is 175 g/mol. The van der Waals surface area contributed by atoms with Crippen molar-refractivity contribution in [1.82, 2.24) is 4.90 Å². The first-order valence-electron chi connectivity index (χ1n) is 5.03. The van der Waals surface area contributed by atoms with Crippen LogP contribution >= 0.6 is 0 Å². The third-order valence-corrected chi connectivity index (χ3v) is 2.10. The van der Waals surface area contributed by atoms with Crippen molar-refractivity contribution in [3.63, 3.8) is 0 Å². The standard InChI is InChI=1S/C10H22FN/c1-4-6-7-8-12(3)9-10(11)5-2/h10H,4-9H2,1-3H3. The largest absolute Gasteiger partial charge is 0.303 e. The normalized spacial score (nSPS) is 13.8. The van der Waals surface area contributed by atoms with Crippen molar-refractivity contribution in [2.45, 2.75) is 45.7 Å². The summed E-state index contributed by atoms with van der Waals surface area (Å²) >= 11 is 0. The first-order chi connectivity index (χ1) is 5.70. The molecule has 0 saturated heterocycles. The number of hydrogen-bond donors (Lipinski definition) is 0. The topological polar surface area (TPSA) is 3.24 Å². The predicted octanol–water partition coefficient (Wildman–Crippen LogP) is 2.86. The van der Waals surface area contributed by atoms with Gasteiger partial charge in [-0.3, -0.25) is 0 Å². The Labute approximate surface area is 75.9 Å². The Bertz CT molecular complexity index is 95.8. The molecule has 0 aromatic heterocycles. The summed E-state index contributed by atoms with van der Waals surface area (Å²) in [6.07, 6.45) is 3.69. The van der Waals surface area contributed by atoms with E-state index >= 15 is 0 Å². The van der Waals surface area contributed by atoms with Gasteiger partial charge >= 0.3 is 0 Å². The summed E-state index contributed by atoms with van der Waals surface area (Å²) in [5.74, 6) is 0. The van der Waals surface area contributed by atoms with Crippen LogP contribution in [0.4, 0.5) is 4.39 Å². The molecule has 0 saturated carbocycles. The molecule has 1 atom stereocenters. The quantitative estimate of drug-likeness (QED) is 0.538. The lowest BCUT2D eigenvalue weighted by molar-refractivity contribution is 0.213. The maximum atomic E-state index is 12.8. The Hall–Kier alpha value is -0.110. The zero-order valence-corrected chi connectivity index (χ0v) is 8.65. The van der Waals surface area contributed by atoms with Gasteiger partial charge in [0.05, 0.1) is 0 Å².